The lowest BCUT2D eigenvalue weighted by atomic mass is 10.1. The zero-order valence-corrected chi connectivity index (χ0v) is 25.8. The maximum atomic E-state index is 12.5. The minimum atomic E-state index is -4.31. The molecule has 1 amide bonds. The fourth-order valence-corrected chi connectivity index (χ4v) is 4.44. The van der Waals surface area contributed by atoms with E-state index in [1.54, 1.807) is 6.08 Å². The van der Waals surface area contributed by atoms with Crippen molar-refractivity contribution in [3.8, 4) is 0 Å². The molecule has 0 aromatic rings. The van der Waals surface area contributed by atoms with Crippen LogP contribution in [-0.4, -0.2) is 73.4 Å². The number of nitrogens with zero attached hydrogens (tertiary/aromatic N) is 1. The van der Waals surface area contributed by atoms with E-state index in [0.717, 1.165) is 51.4 Å². The van der Waals surface area contributed by atoms with Crippen molar-refractivity contribution in [2.24, 2.45) is 0 Å². The van der Waals surface area contributed by atoms with Gasteiger partial charge in [-0.25, -0.2) is 4.57 Å². The summed E-state index contributed by atoms with van der Waals surface area (Å²) in [5, 5.41) is 13.5. The third-order valence-electron chi connectivity index (χ3n) is 6.17. The van der Waals surface area contributed by atoms with Gasteiger partial charge >= 0.3 is 7.82 Å². The Hall–Kier alpha value is -1.02. The Kier molecular flexibility index (Phi) is 22.1. The Morgan fingerprint density at radius 1 is 0.868 bits per heavy atom. The summed E-state index contributed by atoms with van der Waals surface area (Å²) in [6.45, 7) is 4.62. The molecule has 3 unspecified atom stereocenters. The highest BCUT2D eigenvalue weighted by Crippen LogP contribution is 2.43. The zero-order chi connectivity index (χ0) is 28.7. The van der Waals surface area contributed by atoms with E-state index in [4.69, 9.17) is 9.05 Å². The number of allylic oxidation sites excluding steroid dienone is 3. The first-order chi connectivity index (χ1) is 18.0. The summed E-state index contributed by atoms with van der Waals surface area (Å²) in [6.07, 6.45) is 21.4. The number of phosphoric ester groups is 1. The molecule has 224 valence electrons. The van der Waals surface area contributed by atoms with Crippen LogP contribution in [0.5, 0.6) is 0 Å². The normalized spacial score (nSPS) is 15.7. The molecule has 3 atom stereocenters. The van der Waals surface area contributed by atoms with Gasteiger partial charge in [0.2, 0.25) is 5.91 Å². The van der Waals surface area contributed by atoms with Crippen LogP contribution in [0.3, 0.4) is 0 Å². The van der Waals surface area contributed by atoms with Gasteiger partial charge in [0, 0.05) is 6.42 Å². The predicted molar refractivity (Wildman–Crippen MR) is 157 cm³/mol. The zero-order valence-electron chi connectivity index (χ0n) is 24.9. The maximum absolute atomic E-state index is 12.5. The van der Waals surface area contributed by atoms with Crippen molar-refractivity contribution in [2.45, 2.75) is 116 Å². The van der Waals surface area contributed by atoms with Crippen LogP contribution in [0.1, 0.15) is 104 Å². The van der Waals surface area contributed by atoms with Crippen LogP contribution >= 0.6 is 7.82 Å². The second-order valence-electron chi connectivity index (χ2n) is 11.1. The summed E-state index contributed by atoms with van der Waals surface area (Å²) >= 11 is 0. The first kappa shape index (κ1) is 37.0. The van der Waals surface area contributed by atoms with E-state index in [1.165, 1.54) is 32.1 Å². The molecule has 0 saturated heterocycles. The third kappa shape index (κ3) is 24.1. The van der Waals surface area contributed by atoms with Crippen LogP contribution in [0.15, 0.2) is 24.3 Å². The molecule has 0 bridgehead atoms. The smallest absolute Gasteiger partial charge is 0.387 e. The van der Waals surface area contributed by atoms with E-state index in [0.29, 0.717) is 17.4 Å². The van der Waals surface area contributed by atoms with Gasteiger partial charge in [0.25, 0.3) is 0 Å². The molecule has 0 aromatic carbocycles. The van der Waals surface area contributed by atoms with Gasteiger partial charge in [0.15, 0.2) is 0 Å². The molecule has 0 heterocycles. The second kappa shape index (κ2) is 22.8. The summed E-state index contributed by atoms with van der Waals surface area (Å²) < 4.78 is 23.1. The Morgan fingerprint density at radius 3 is 2.08 bits per heavy atom. The van der Waals surface area contributed by atoms with E-state index < -0.39 is 20.0 Å². The number of carbonyl (C=O) groups is 1. The van der Waals surface area contributed by atoms with Gasteiger partial charge in [0.1, 0.15) is 13.2 Å². The van der Waals surface area contributed by atoms with E-state index in [9.17, 15) is 19.4 Å². The maximum Gasteiger partial charge on any atom is 0.472 e. The van der Waals surface area contributed by atoms with Crippen molar-refractivity contribution in [3.05, 3.63) is 24.3 Å². The fourth-order valence-electron chi connectivity index (χ4n) is 3.70. The first-order valence-electron chi connectivity index (χ1n) is 14.7. The fraction of sp³-hybridized carbons (Fsp3) is 0.828. The van der Waals surface area contributed by atoms with Crippen LogP contribution in [0.4, 0.5) is 0 Å². The molecular weight excluding hydrogens is 503 g/mol. The molecule has 0 aliphatic heterocycles. The highest BCUT2D eigenvalue weighted by Gasteiger charge is 2.27. The number of hydrogen-bond donors (Lipinski definition) is 3. The molecule has 0 aliphatic carbocycles. The average Bonchev–Trinajstić information content (AvgIpc) is 2.83. The monoisotopic (exact) mass is 561 g/mol. The SMILES string of the molecule is CCCCCCC/C=C/CC/C=C/C(O)C(COP(=O)(O)OCC[N+](C)(C)C)NC(=O)CCCCCCC. The van der Waals surface area contributed by atoms with Gasteiger partial charge in [-0.15, -0.1) is 0 Å². The van der Waals surface area contributed by atoms with Crippen molar-refractivity contribution in [2.75, 3.05) is 40.9 Å². The van der Waals surface area contributed by atoms with Gasteiger partial charge in [-0.3, -0.25) is 13.8 Å². The standard InChI is InChI=1S/C29H57N2O6P/c1-6-8-10-12-13-14-15-16-17-19-20-22-28(32)27(30-29(33)23-21-18-11-9-7-2)26-37-38(34,35)36-25-24-31(3,4)5/h15-16,20,22,27-28,32H,6-14,17-19,21,23-26H2,1-5H3,(H-,30,33,34,35)/p+1/b16-15+,22-20+. The van der Waals surface area contributed by atoms with E-state index >= 15 is 0 Å². The highest BCUT2D eigenvalue weighted by molar-refractivity contribution is 7.47. The van der Waals surface area contributed by atoms with Crippen molar-refractivity contribution in [3.63, 3.8) is 0 Å². The highest BCUT2D eigenvalue weighted by atomic mass is 31.2. The van der Waals surface area contributed by atoms with E-state index in [2.05, 4.69) is 31.3 Å². The predicted octanol–water partition coefficient (Wildman–Crippen LogP) is 6.29. The molecule has 0 aromatic heterocycles. The van der Waals surface area contributed by atoms with Crippen molar-refractivity contribution >= 4 is 13.7 Å². The molecule has 0 fully saturated rings. The van der Waals surface area contributed by atoms with Crippen LogP contribution in [0.25, 0.3) is 0 Å². The molecule has 9 heteroatoms. The number of likely N-dealkylation sites (N-methyl/N-ethyl adjacent to an activating group) is 1. The molecule has 0 aliphatic rings. The number of quaternary nitrogens is 1. The molecule has 3 N–H and O–H groups in total. The number of aliphatic hydroxyl groups is 1. The quantitative estimate of drug-likeness (QED) is 0.0524. The molecule has 0 radical (unpaired) electrons. The third-order valence-corrected chi connectivity index (χ3v) is 7.16. The van der Waals surface area contributed by atoms with Gasteiger partial charge in [0.05, 0.1) is 39.9 Å². The van der Waals surface area contributed by atoms with E-state index in [1.807, 2.05) is 27.2 Å². The summed E-state index contributed by atoms with van der Waals surface area (Å²) in [4.78, 5) is 22.5. The molecular formula is C29H58N2O6P+. The number of carbonyl (C=O) groups excluding carboxylic acids is 1. The summed E-state index contributed by atoms with van der Waals surface area (Å²) in [7, 11) is 1.54. The van der Waals surface area contributed by atoms with Crippen molar-refractivity contribution in [1.29, 1.82) is 0 Å². The first-order valence-corrected chi connectivity index (χ1v) is 16.2. The molecule has 38 heavy (non-hydrogen) atoms. The lowest BCUT2D eigenvalue weighted by Gasteiger charge is -2.25. The van der Waals surface area contributed by atoms with Crippen LogP contribution in [0, 0.1) is 0 Å². The summed E-state index contributed by atoms with van der Waals surface area (Å²) in [5.74, 6) is -0.205. The number of phosphoric acid groups is 1. The topological polar surface area (TPSA) is 105 Å². The Balaban J connectivity index is 4.74. The molecule has 0 rings (SSSR count). The Morgan fingerprint density at radius 2 is 1.45 bits per heavy atom. The van der Waals surface area contributed by atoms with Gasteiger partial charge in [-0.05, 0) is 32.1 Å². The number of amides is 1. The lowest BCUT2D eigenvalue weighted by Crippen LogP contribution is -2.45. The lowest BCUT2D eigenvalue weighted by molar-refractivity contribution is -0.870. The van der Waals surface area contributed by atoms with Gasteiger partial charge in [-0.2, -0.15) is 0 Å². The van der Waals surface area contributed by atoms with Gasteiger partial charge in [-0.1, -0.05) is 89.5 Å². The number of hydrogen-bond acceptors (Lipinski definition) is 5. The van der Waals surface area contributed by atoms with Crippen molar-refractivity contribution in [1.82, 2.24) is 5.32 Å². The minimum Gasteiger partial charge on any atom is -0.387 e. The molecule has 0 spiro atoms. The number of aliphatic hydroxyl groups excluding tert-OH is 1. The van der Waals surface area contributed by atoms with Gasteiger partial charge < -0.3 is 19.8 Å². The van der Waals surface area contributed by atoms with Crippen LogP contribution in [0.2, 0.25) is 0 Å². The molecule has 0 saturated carbocycles. The Labute approximate surface area is 233 Å². The second-order valence-corrected chi connectivity index (χ2v) is 12.6. The summed E-state index contributed by atoms with van der Waals surface area (Å²) in [6, 6.07) is -0.851. The minimum absolute atomic E-state index is 0.0563. The van der Waals surface area contributed by atoms with E-state index in [-0.39, 0.29) is 19.1 Å². The van der Waals surface area contributed by atoms with Crippen molar-refractivity contribution < 1.29 is 32.9 Å². The summed E-state index contributed by atoms with van der Waals surface area (Å²) in [5.41, 5.74) is 0. The molecule has 8 nitrogen and oxygen atoms in total. The van der Waals surface area contributed by atoms with Crippen LogP contribution in [-0.2, 0) is 18.4 Å². The van der Waals surface area contributed by atoms with Crippen LogP contribution < -0.4 is 5.32 Å². The largest absolute Gasteiger partial charge is 0.472 e. The number of rotatable bonds is 25. The average molecular weight is 562 g/mol. The number of unbranched alkanes of at least 4 members (excludes halogenated alkanes) is 10. The number of nitrogens with one attached hydrogen (secondary N) is 1. The Bertz CT molecular complexity index is 693.